The van der Waals surface area contributed by atoms with E-state index in [0.717, 1.165) is 6.07 Å². The van der Waals surface area contributed by atoms with E-state index >= 15 is 0 Å². The average molecular weight is 324 g/mol. The van der Waals surface area contributed by atoms with Gasteiger partial charge < -0.3 is 10.1 Å². The first-order valence-corrected chi connectivity index (χ1v) is 5.92. The Morgan fingerprint density at radius 1 is 1.39 bits per heavy atom. The largest absolute Gasteiger partial charge is 0.417 e. The maximum absolute atomic E-state index is 12.7. The summed E-state index contributed by atoms with van der Waals surface area (Å²) < 4.78 is 42.7. The molecule has 2 rings (SSSR count). The van der Waals surface area contributed by atoms with Gasteiger partial charge in [0.05, 0.1) is 24.8 Å². The molecule has 0 atom stereocenters. The highest BCUT2D eigenvalue weighted by atomic mass is 79.9. The van der Waals surface area contributed by atoms with Gasteiger partial charge in [-0.05, 0) is 18.2 Å². The van der Waals surface area contributed by atoms with Crippen LogP contribution in [0.3, 0.4) is 0 Å². The van der Waals surface area contributed by atoms with Crippen LogP contribution in [0.5, 0.6) is 0 Å². The average Bonchev–Trinajstić information content (AvgIpc) is 2.22. The van der Waals surface area contributed by atoms with Gasteiger partial charge in [0.15, 0.2) is 0 Å². The van der Waals surface area contributed by atoms with Crippen molar-refractivity contribution in [3.05, 3.63) is 33.8 Å². The molecule has 1 amide bonds. The summed E-state index contributed by atoms with van der Waals surface area (Å²) in [6.45, 7) is 0.794. The first-order valence-electron chi connectivity index (χ1n) is 5.13. The molecule has 0 unspecified atom stereocenters. The summed E-state index contributed by atoms with van der Waals surface area (Å²) in [5.41, 5.74) is -0.877. The Balaban J connectivity index is 2.20. The lowest BCUT2D eigenvalue weighted by Gasteiger charge is -2.26. The van der Waals surface area contributed by atoms with Crippen LogP contribution in [0.2, 0.25) is 0 Å². The van der Waals surface area contributed by atoms with Gasteiger partial charge in [-0.15, -0.1) is 0 Å². The zero-order valence-electron chi connectivity index (χ0n) is 9.05. The first-order chi connectivity index (χ1) is 8.38. The normalized spacial score (nSPS) is 16.2. The predicted molar refractivity (Wildman–Crippen MR) is 61.2 cm³/mol. The number of halogens is 4. The van der Waals surface area contributed by atoms with Crippen LogP contribution in [-0.4, -0.2) is 25.2 Å². The van der Waals surface area contributed by atoms with Gasteiger partial charge in [0.25, 0.3) is 5.91 Å². The number of carbonyl (C=O) groups excluding carboxylic acids is 1. The van der Waals surface area contributed by atoms with Crippen LogP contribution in [0.1, 0.15) is 15.9 Å². The minimum atomic E-state index is -4.49. The Bertz CT molecular complexity index is 472. The van der Waals surface area contributed by atoms with Crippen molar-refractivity contribution in [3.8, 4) is 0 Å². The molecule has 0 aliphatic carbocycles. The minimum absolute atomic E-state index is 0.0163. The van der Waals surface area contributed by atoms with Gasteiger partial charge in [-0.25, -0.2) is 0 Å². The molecule has 1 saturated heterocycles. The maximum atomic E-state index is 12.7. The monoisotopic (exact) mass is 323 g/mol. The van der Waals surface area contributed by atoms with Crippen molar-refractivity contribution < 1.29 is 22.7 Å². The van der Waals surface area contributed by atoms with Crippen LogP contribution in [0.15, 0.2) is 22.7 Å². The van der Waals surface area contributed by atoms with Crippen molar-refractivity contribution >= 4 is 21.8 Å². The quantitative estimate of drug-likeness (QED) is 0.908. The van der Waals surface area contributed by atoms with Crippen LogP contribution >= 0.6 is 15.9 Å². The van der Waals surface area contributed by atoms with Crippen LogP contribution in [0.25, 0.3) is 0 Å². The van der Waals surface area contributed by atoms with Gasteiger partial charge in [-0.1, -0.05) is 15.9 Å². The summed E-state index contributed by atoms with van der Waals surface area (Å²) >= 11 is 2.82. The molecule has 18 heavy (non-hydrogen) atoms. The highest BCUT2D eigenvalue weighted by molar-refractivity contribution is 9.10. The zero-order chi connectivity index (χ0) is 13.3. The summed E-state index contributed by atoms with van der Waals surface area (Å²) in [6.07, 6.45) is -4.49. The third-order valence-corrected chi connectivity index (χ3v) is 3.20. The van der Waals surface area contributed by atoms with E-state index < -0.39 is 17.6 Å². The van der Waals surface area contributed by atoms with Gasteiger partial charge in [-0.3, -0.25) is 4.79 Å². The molecule has 98 valence electrons. The summed E-state index contributed by atoms with van der Waals surface area (Å²) in [4.78, 5) is 11.7. The fraction of sp³-hybridized carbons (Fsp3) is 0.364. The van der Waals surface area contributed by atoms with Crippen LogP contribution in [0, 0.1) is 0 Å². The minimum Gasteiger partial charge on any atom is -0.377 e. The molecule has 1 aliphatic heterocycles. The van der Waals surface area contributed by atoms with E-state index in [4.69, 9.17) is 4.74 Å². The highest BCUT2D eigenvalue weighted by Crippen LogP contribution is 2.35. The summed E-state index contributed by atoms with van der Waals surface area (Å²) in [7, 11) is 0. The van der Waals surface area contributed by atoms with Gasteiger partial charge >= 0.3 is 6.18 Å². The molecule has 7 heteroatoms. The lowest BCUT2D eigenvalue weighted by molar-refractivity contribution is -0.138. The Kier molecular flexibility index (Phi) is 3.63. The molecule has 3 nitrogen and oxygen atoms in total. The Hall–Kier alpha value is -1.08. The van der Waals surface area contributed by atoms with Crippen molar-refractivity contribution in [2.24, 2.45) is 0 Å². The lowest BCUT2D eigenvalue weighted by Crippen LogP contribution is -2.48. The number of rotatable bonds is 2. The lowest BCUT2D eigenvalue weighted by atomic mass is 10.1. The van der Waals surface area contributed by atoms with Gasteiger partial charge in [-0.2, -0.15) is 13.2 Å². The Labute approximate surface area is 109 Å². The Morgan fingerprint density at radius 2 is 2.06 bits per heavy atom. The number of amides is 1. The topological polar surface area (TPSA) is 38.3 Å². The summed E-state index contributed by atoms with van der Waals surface area (Å²) in [5, 5.41) is 2.58. The van der Waals surface area contributed by atoms with Crippen molar-refractivity contribution in [1.29, 1.82) is 0 Å². The zero-order valence-corrected chi connectivity index (χ0v) is 10.6. The number of ether oxygens (including phenoxy) is 1. The summed E-state index contributed by atoms with van der Waals surface area (Å²) in [6, 6.07) is 3.28. The van der Waals surface area contributed by atoms with E-state index in [9.17, 15) is 18.0 Å². The van der Waals surface area contributed by atoms with Gasteiger partial charge in [0.1, 0.15) is 0 Å². The molecule has 0 bridgehead atoms. The Morgan fingerprint density at radius 3 is 2.56 bits per heavy atom. The third-order valence-electron chi connectivity index (χ3n) is 2.51. The van der Waals surface area contributed by atoms with Crippen molar-refractivity contribution in [1.82, 2.24) is 5.32 Å². The molecule has 1 aromatic carbocycles. The van der Waals surface area contributed by atoms with E-state index in [1.54, 1.807) is 0 Å². The molecule has 1 N–H and O–H groups in total. The molecular formula is C11H9BrF3NO2. The number of hydrogen-bond acceptors (Lipinski definition) is 2. The molecule has 0 radical (unpaired) electrons. The first kappa shape index (κ1) is 13.4. The van der Waals surface area contributed by atoms with Gasteiger partial charge in [0.2, 0.25) is 0 Å². The molecule has 0 saturated carbocycles. The molecule has 1 heterocycles. The van der Waals surface area contributed by atoms with Crippen LogP contribution in [-0.2, 0) is 10.9 Å². The van der Waals surface area contributed by atoms with E-state index in [-0.39, 0.29) is 16.1 Å². The van der Waals surface area contributed by atoms with Crippen LogP contribution in [0.4, 0.5) is 13.2 Å². The number of benzene rings is 1. The third kappa shape index (κ3) is 2.84. The highest BCUT2D eigenvalue weighted by Gasteiger charge is 2.33. The number of carbonyl (C=O) groups is 1. The second-order valence-corrected chi connectivity index (χ2v) is 4.75. The second-order valence-electron chi connectivity index (χ2n) is 3.90. The smallest absolute Gasteiger partial charge is 0.377 e. The second kappa shape index (κ2) is 4.89. The predicted octanol–water partition coefficient (Wildman–Crippen LogP) is 2.60. The van der Waals surface area contributed by atoms with Gasteiger partial charge in [0, 0.05) is 10.0 Å². The molecular weight excluding hydrogens is 315 g/mol. The molecule has 0 aromatic heterocycles. The van der Waals surface area contributed by atoms with E-state index in [1.807, 2.05) is 0 Å². The van der Waals surface area contributed by atoms with E-state index in [1.165, 1.54) is 12.1 Å². The summed E-state index contributed by atoms with van der Waals surface area (Å²) in [5.74, 6) is -0.527. The fourth-order valence-corrected chi connectivity index (χ4v) is 1.94. The standard InChI is InChI=1S/C11H9BrF3NO2/c12-9-2-1-6(3-8(9)11(13,14)15)10(17)16-7-4-18-5-7/h1-3,7H,4-5H2,(H,16,17). The van der Waals surface area contributed by atoms with E-state index in [0.29, 0.717) is 13.2 Å². The molecule has 0 spiro atoms. The fourth-order valence-electron chi connectivity index (χ4n) is 1.47. The number of hydrogen-bond donors (Lipinski definition) is 1. The van der Waals surface area contributed by atoms with Crippen molar-refractivity contribution in [3.63, 3.8) is 0 Å². The molecule has 1 fully saturated rings. The maximum Gasteiger partial charge on any atom is 0.417 e. The number of nitrogens with one attached hydrogen (secondary N) is 1. The SMILES string of the molecule is O=C(NC1COC1)c1ccc(Br)c(C(F)(F)F)c1. The van der Waals surface area contributed by atoms with Crippen LogP contribution < -0.4 is 5.32 Å². The molecule has 1 aromatic rings. The number of alkyl halides is 3. The van der Waals surface area contributed by atoms with Crippen molar-refractivity contribution in [2.45, 2.75) is 12.2 Å². The van der Waals surface area contributed by atoms with Crippen molar-refractivity contribution in [2.75, 3.05) is 13.2 Å². The van der Waals surface area contributed by atoms with E-state index in [2.05, 4.69) is 21.2 Å². The molecule has 1 aliphatic rings.